The first-order chi connectivity index (χ1) is 25.5. The average molecular weight is 733 g/mol. The van der Waals surface area contributed by atoms with Gasteiger partial charge in [-0.15, -0.1) is 0 Å². The Hall–Kier alpha value is -2.11. The number of hydrogen-bond donors (Lipinski definition) is 0. The van der Waals surface area contributed by atoms with Gasteiger partial charge in [0.15, 0.2) is 6.10 Å². The minimum atomic E-state index is -0.764. The molecule has 0 radical (unpaired) electrons. The molecule has 1 unspecified atom stereocenters. The molecule has 0 aromatic heterocycles. The van der Waals surface area contributed by atoms with Gasteiger partial charge >= 0.3 is 17.9 Å². The maximum Gasteiger partial charge on any atom is 0.306 e. The highest BCUT2D eigenvalue weighted by atomic mass is 16.6. The summed E-state index contributed by atoms with van der Waals surface area (Å²) in [5, 5.41) is 0. The van der Waals surface area contributed by atoms with Gasteiger partial charge in [0.05, 0.1) is 0 Å². The predicted octanol–water partition coefficient (Wildman–Crippen LogP) is 14.0. The maximum atomic E-state index is 12.6. The van der Waals surface area contributed by atoms with Gasteiger partial charge in [0.2, 0.25) is 0 Å². The van der Waals surface area contributed by atoms with E-state index in [0.29, 0.717) is 19.3 Å². The third-order valence-electron chi connectivity index (χ3n) is 9.71. The van der Waals surface area contributed by atoms with Gasteiger partial charge in [0.25, 0.3) is 0 Å². The summed E-state index contributed by atoms with van der Waals surface area (Å²) in [5.74, 6) is -0.885. The third kappa shape index (κ3) is 39.1. The topological polar surface area (TPSA) is 78.9 Å². The molecule has 0 aliphatic heterocycles. The standard InChI is InChI=1S/C46H84O6/c1-4-7-10-13-16-19-20-21-22-23-24-25-26-27-28-31-33-36-39-45(48)51-42-43(52-46(49)40-37-34-30-18-15-12-9-6-3)41-50-44(47)38-35-32-29-17-14-11-8-5-2/h19-20,22-23,43H,4-18,21,24-42H2,1-3H3/b20-19-,23-22-. The lowest BCUT2D eigenvalue weighted by Crippen LogP contribution is -2.30. The number of hydrogen-bond acceptors (Lipinski definition) is 6. The van der Waals surface area contributed by atoms with Gasteiger partial charge in [0.1, 0.15) is 13.2 Å². The summed E-state index contributed by atoms with van der Waals surface area (Å²) in [7, 11) is 0. The Morgan fingerprint density at radius 1 is 0.385 bits per heavy atom. The van der Waals surface area contributed by atoms with Crippen molar-refractivity contribution in [2.75, 3.05) is 13.2 Å². The van der Waals surface area contributed by atoms with Crippen LogP contribution in [0, 0.1) is 0 Å². The van der Waals surface area contributed by atoms with Gasteiger partial charge in [-0.25, -0.2) is 0 Å². The second-order valence-electron chi connectivity index (χ2n) is 15.0. The number of allylic oxidation sites excluding steroid dienone is 4. The molecule has 0 saturated heterocycles. The van der Waals surface area contributed by atoms with Crippen LogP contribution in [0.4, 0.5) is 0 Å². The summed E-state index contributed by atoms with van der Waals surface area (Å²) in [6.07, 6.45) is 44.6. The monoisotopic (exact) mass is 733 g/mol. The van der Waals surface area contributed by atoms with E-state index in [9.17, 15) is 14.4 Å². The van der Waals surface area contributed by atoms with Crippen LogP contribution in [0.15, 0.2) is 24.3 Å². The second-order valence-corrected chi connectivity index (χ2v) is 15.0. The molecule has 0 spiro atoms. The Balaban J connectivity index is 4.23. The molecule has 0 N–H and O–H groups in total. The van der Waals surface area contributed by atoms with Crippen molar-refractivity contribution < 1.29 is 28.6 Å². The Kier molecular flexibility index (Phi) is 40.0. The van der Waals surface area contributed by atoms with Gasteiger partial charge in [0, 0.05) is 19.3 Å². The third-order valence-corrected chi connectivity index (χ3v) is 9.71. The van der Waals surface area contributed by atoms with E-state index < -0.39 is 6.10 Å². The van der Waals surface area contributed by atoms with Gasteiger partial charge in [-0.2, -0.15) is 0 Å². The zero-order chi connectivity index (χ0) is 38.0. The summed E-state index contributed by atoms with van der Waals surface area (Å²) < 4.78 is 16.6. The van der Waals surface area contributed by atoms with E-state index in [4.69, 9.17) is 14.2 Å². The molecule has 304 valence electrons. The first-order valence-electron chi connectivity index (χ1n) is 22.3. The molecule has 0 heterocycles. The largest absolute Gasteiger partial charge is 0.462 e. The average Bonchev–Trinajstić information content (AvgIpc) is 3.14. The van der Waals surface area contributed by atoms with Gasteiger partial charge < -0.3 is 14.2 Å². The first-order valence-corrected chi connectivity index (χ1v) is 22.3. The van der Waals surface area contributed by atoms with Crippen molar-refractivity contribution in [2.45, 2.75) is 239 Å². The predicted molar refractivity (Wildman–Crippen MR) is 219 cm³/mol. The van der Waals surface area contributed by atoms with Crippen LogP contribution in [0.2, 0.25) is 0 Å². The second kappa shape index (κ2) is 41.6. The summed E-state index contributed by atoms with van der Waals surface area (Å²) in [5.41, 5.74) is 0. The minimum absolute atomic E-state index is 0.0711. The van der Waals surface area contributed by atoms with Gasteiger partial charge in [-0.3, -0.25) is 14.4 Å². The fourth-order valence-corrected chi connectivity index (χ4v) is 6.29. The molecular weight excluding hydrogens is 649 g/mol. The van der Waals surface area contributed by atoms with E-state index >= 15 is 0 Å². The Morgan fingerprint density at radius 3 is 1.08 bits per heavy atom. The number of rotatable bonds is 40. The normalized spacial score (nSPS) is 12.1. The fourth-order valence-electron chi connectivity index (χ4n) is 6.29. The van der Waals surface area contributed by atoms with Crippen LogP contribution in [-0.2, 0) is 28.6 Å². The molecule has 0 fully saturated rings. The van der Waals surface area contributed by atoms with Crippen molar-refractivity contribution in [1.82, 2.24) is 0 Å². The van der Waals surface area contributed by atoms with Crippen LogP contribution in [0.5, 0.6) is 0 Å². The van der Waals surface area contributed by atoms with Crippen LogP contribution >= 0.6 is 0 Å². The quantitative estimate of drug-likeness (QED) is 0.0270. The van der Waals surface area contributed by atoms with Crippen LogP contribution in [-0.4, -0.2) is 37.2 Å². The lowest BCUT2D eigenvalue weighted by atomic mass is 10.1. The molecule has 0 rings (SSSR count). The zero-order valence-electron chi connectivity index (χ0n) is 34.6. The van der Waals surface area contributed by atoms with Crippen LogP contribution < -0.4 is 0 Å². The van der Waals surface area contributed by atoms with Crippen LogP contribution in [0.25, 0.3) is 0 Å². The van der Waals surface area contributed by atoms with Crippen LogP contribution in [0.3, 0.4) is 0 Å². The van der Waals surface area contributed by atoms with E-state index in [1.54, 1.807) is 0 Å². The maximum absolute atomic E-state index is 12.6. The van der Waals surface area contributed by atoms with Crippen molar-refractivity contribution in [1.29, 1.82) is 0 Å². The van der Waals surface area contributed by atoms with E-state index in [0.717, 1.165) is 70.6 Å². The van der Waals surface area contributed by atoms with Crippen LogP contribution in [0.1, 0.15) is 233 Å². The Morgan fingerprint density at radius 2 is 0.692 bits per heavy atom. The molecule has 6 heteroatoms. The number of unbranched alkanes of at least 4 members (excludes halogenated alkanes) is 25. The number of ether oxygens (including phenoxy) is 3. The number of carbonyl (C=O) groups excluding carboxylic acids is 3. The van der Waals surface area contributed by atoms with Crippen molar-refractivity contribution >= 4 is 17.9 Å². The highest BCUT2D eigenvalue weighted by molar-refractivity contribution is 5.71. The first kappa shape index (κ1) is 49.9. The van der Waals surface area contributed by atoms with Gasteiger partial charge in [-0.05, 0) is 51.4 Å². The number of esters is 3. The smallest absolute Gasteiger partial charge is 0.306 e. The summed E-state index contributed by atoms with van der Waals surface area (Å²) >= 11 is 0. The van der Waals surface area contributed by atoms with E-state index in [-0.39, 0.29) is 31.1 Å². The zero-order valence-corrected chi connectivity index (χ0v) is 34.6. The SMILES string of the molecule is CCCCCC/C=C\C/C=C\CCCCCCCCCC(=O)OCC(COC(=O)CCCCCCCCCC)OC(=O)CCCCCCCCCC. The van der Waals surface area contributed by atoms with Crippen molar-refractivity contribution in [3.05, 3.63) is 24.3 Å². The molecule has 52 heavy (non-hydrogen) atoms. The summed E-state index contributed by atoms with van der Waals surface area (Å²) in [6.45, 7) is 6.55. The highest BCUT2D eigenvalue weighted by Gasteiger charge is 2.19. The van der Waals surface area contributed by atoms with Crippen molar-refractivity contribution in [3.8, 4) is 0 Å². The number of carbonyl (C=O) groups is 3. The molecule has 0 aromatic rings. The van der Waals surface area contributed by atoms with E-state index in [1.807, 2.05) is 0 Å². The fraction of sp³-hybridized carbons (Fsp3) is 0.848. The lowest BCUT2D eigenvalue weighted by molar-refractivity contribution is -0.167. The molecule has 0 bridgehead atoms. The highest BCUT2D eigenvalue weighted by Crippen LogP contribution is 2.14. The summed E-state index contributed by atoms with van der Waals surface area (Å²) in [4.78, 5) is 37.5. The molecule has 0 aliphatic rings. The Bertz CT molecular complexity index is 850. The molecule has 0 saturated carbocycles. The lowest BCUT2D eigenvalue weighted by Gasteiger charge is -2.18. The van der Waals surface area contributed by atoms with E-state index in [2.05, 4.69) is 45.1 Å². The molecule has 0 aliphatic carbocycles. The minimum Gasteiger partial charge on any atom is -0.462 e. The molecule has 0 aromatic carbocycles. The molecule has 6 nitrogen and oxygen atoms in total. The van der Waals surface area contributed by atoms with E-state index in [1.165, 1.54) is 122 Å². The van der Waals surface area contributed by atoms with Crippen molar-refractivity contribution in [2.24, 2.45) is 0 Å². The van der Waals surface area contributed by atoms with Gasteiger partial charge in [-0.1, -0.05) is 186 Å². The summed E-state index contributed by atoms with van der Waals surface area (Å²) in [6, 6.07) is 0. The van der Waals surface area contributed by atoms with Crippen molar-refractivity contribution in [3.63, 3.8) is 0 Å². The molecular formula is C46H84O6. The molecule has 0 amide bonds. The molecule has 1 atom stereocenters. The Labute approximate surface area is 322 Å².